The Kier molecular flexibility index (Phi) is 6.25. The average Bonchev–Trinajstić information content (AvgIpc) is 2.66. The van der Waals surface area contributed by atoms with Crippen LogP contribution in [0.4, 0.5) is 18.9 Å². The number of aliphatic imine (C=N–C) groups is 1. The van der Waals surface area contributed by atoms with E-state index in [1.807, 2.05) is 6.07 Å². The Labute approximate surface area is 159 Å². The van der Waals surface area contributed by atoms with Crippen LogP contribution in [0.5, 0.6) is 0 Å². The summed E-state index contributed by atoms with van der Waals surface area (Å²) in [5.41, 5.74) is 2.24. The Morgan fingerprint density at radius 2 is 1.76 bits per heavy atom. The largest absolute Gasteiger partial charge is 0.405 e. The molecule has 3 rings (SSSR count). The van der Waals surface area contributed by atoms with Crippen LogP contribution in [0.2, 0.25) is 10.0 Å². The van der Waals surface area contributed by atoms with E-state index in [0.717, 1.165) is 0 Å². The second-order valence-corrected chi connectivity index (χ2v) is 6.25. The highest BCUT2D eigenvalue weighted by Crippen LogP contribution is 2.32. The van der Waals surface area contributed by atoms with Crippen molar-refractivity contribution in [2.75, 3.05) is 24.5 Å². The third-order valence-electron chi connectivity index (χ3n) is 3.69. The molecule has 1 aliphatic rings. The first kappa shape index (κ1) is 19.9. The Morgan fingerprint density at radius 1 is 1.04 bits per heavy atom. The fourth-order valence-corrected chi connectivity index (χ4v) is 3.12. The quantitative estimate of drug-likeness (QED) is 0.627. The number of nitrogens with zero attached hydrogens (tertiary/aromatic N) is 2. The van der Waals surface area contributed by atoms with Gasteiger partial charge in [-0.3, -0.25) is 4.99 Å². The standard InChI is InChI=1S/C17H13Cl2F3N2.ClH/c18-11-5-6-15-13(9-11)16(12-3-1-2-4-14(12)19)23-7-8-24(15)10-17(20,21)22;/h1-6,9H,7-8,10H2;1H. The second-order valence-electron chi connectivity index (χ2n) is 5.41. The number of benzodiazepines with no additional fused rings is 1. The Balaban J connectivity index is 0.00000225. The van der Waals surface area contributed by atoms with Crippen LogP contribution in [0.1, 0.15) is 11.1 Å². The van der Waals surface area contributed by atoms with Crippen molar-refractivity contribution in [1.29, 1.82) is 0 Å². The van der Waals surface area contributed by atoms with Crippen molar-refractivity contribution < 1.29 is 13.2 Å². The zero-order chi connectivity index (χ0) is 17.3. The molecule has 1 heterocycles. The lowest BCUT2D eigenvalue weighted by Crippen LogP contribution is -2.36. The van der Waals surface area contributed by atoms with Crippen LogP contribution in [0.15, 0.2) is 47.5 Å². The van der Waals surface area contributed by atoms with Crippen molar-refractivity contribution in [3.63, 3.8) is 0 Å². The molecule has 1 aliphatic heterocycles. The van der Waals surface area contributed by atoms with Gasteiger partial charge in [0.2, 0.25) is 0 Å². The lowest BCUT2D eigenvalue weighted by atomic mass is 10.00. The zero-order valence-corrected chi connectivity index (χ0v) is 15.2. The fraction of sp³-hybridized carbons (Fsp3) is 0.235. The van der Waals surface area contributed by atoms with Crippen LogP contribution in [0.25, 0.3) is 0 Å². The summed E-state index contributed by atoms with van der Waals surface area (Å²) in [5.74, 6) is 0. The second kappa shape index (κ2) is 7.85. The van der Waals surface area contributed by atoms with Crippen LogP contribution < -0.4 is 4.90 Å². The molecule has 0 atom stereocenters. The van der Waals surface area contributed by atoms with Gasteiger partial charge in [0.15, 0.2) is 0 Å². The van der Waals surface area contributed by atoms with Crippen LogP contribution in [0, 0.1) is 0 Å². The van der Waals surface area contributed by atoms with Gasteiger partial charge in [-0.25, -0.2) is 0 Å². The maximum absolute atomic E-state index is 12.9. The van der Waals surface area contributed by atoms with Crippen molar-refractivity contribution in [1.82, 2.24) is 0 Å². The minimum atomic E-state index is -4.30. The summed E-state index contributed by atoms with van der Waals surface area (Å²) in [6, 6.07) is 11.9. The van der Waals surface area contributed by atoms with Gasteiger partial charge < -0.3 is 4.90 Å². The van der Waals surface area contributed by atoms with Gasteiger partial charge in [0.05, 0.1) is 12.3 Å². The predicted molar refractivity (Wildman–Crippen MR) is 98.9 cm³/mol. The number of hydrogen-bond acceptors (Lipinski definition) is 2. The molecule has 2 aromatic rings. The van der Waals surface area contributed by atoms with Gasteiger partial charge in [0, 0.05) is 33.4 Å². The van der Waals surface area contributed by atoms with Gasteiger partial charge in [0.1, 0.15) is 6.54 Å². The van der Waals surface area contributed by atoms with E-state index in [1.165, 1.54) is 4.90 Å². The number of benzene rings is 2. The lowest BCUT2D eigenvalue weighted by Gasteiger charge is -2.26. The smallest absolute Gasteiger partial charge is 0.360 e. The van der Waals surface area contributed by atoms with E-state index in [9.17, 15) is 13.2 Å². The number of halogens is 6. The maximum Gasteiger partial charge on any atom is 0.405 e. The number of rotatable bonds is 2. The molecular formula is C17H14Cl3F3N2. The molecule has 0 fully saturated rings. The van der Waals surface area contributed by atoms with Crippen molar-refractivity contribution in [2.45, 2.75) is 6.18 Å². The van der Waals surface area contributed by atoms with Crippen molar-refractivity contribution >= 4 is 47.0 Å². The van der Waals surface area contributed by atoms with Gasteiger partial charge in [-0.15, -0.1) is 12.4 Å². The first-order valence-corrected chi connectivity index (χ1v) is 8.02. The van der Waals surface area contributed by atoms with E-state index >= 15 is 0 Å². The molecule has 0 amide bonds. The minimum absolute atomic E-state index is 0. The molecule has 0 N–H and O–H groups in total. The summed E-state index contributed by atoms with van der Waals surface area (Å²) >= 11 is 12.3. The van der Waals surface area contributed by atoms with Gasteiger partial charge >= 0.3 is 6.18 Å². The third kappa shape index (κ3) is 4.60. The van der Waals surface area contributed by atoms with Crippen LogP contribution in [-0.4, -0.2) is 31.5 Å². The van der Waals surface area contributed by atoms with Crippen molar-refractivity contribution in [2.24, 2.45) is 4.99 Å². The first-order chi connectivity index (χ1) is 11.3. The van der Waals surface area contributed by atoms with Crippen LogP contribution >= 0.6 is 35.6 Å². The highest BCUT2D eigenvalue weighted by Gasteiger charge is 2.33. The molecule has 0 aliphatic carbocycles. The minimum Gasteiger partial charge on any atom is -0.360 e. The number of anilines is 1. The summed E-state index contributed by atoms with van der Waals surface area (Å²) in [6.45, 7) is -0.627. The monoisotopic (exact) mass is 408 g/mol. The molecule has 0 saturated heterocycles. The summed E-state index contributed by atoms with van der Waals surface area (Å²) < 4.78 is 38.7. The molecule has 2 aromatic carbocycles. The molecular weight excluding hydrogens is 396 g/mol. The van der Waals surface area contributed by atoms with Crippen molar-refractivity contribution in [3.05, 3.63) is 63.6 Å². The van der Waals surface area contributed by atoms with E-state index in [4.69, 9.17) is 23.2 Å². The van der Waals surface area contributed by atoms with E-state index in [1.54, 1.807) is 36.4 Å². The topological polar surface area (TPSA) is 15.6 Å². The molecule has 0 aromatic heterocycles. The molecule has 0 spiro atoms. The predicted octanol–water partition coefficient (Wildman–Crippen LogP) is 5.63. The number of fused-ring (bicyclic) bond motifs is 1. The Morgan fingerprint density at radius 3 is 2.44 bits per heavy atom. The number of alkyl halides is 3. The average molecular weight is 410 g/mol. The maximum atomic E-state index is 12.9. The van der Waals surface area contributed by atoms with Crippen LogP contribution in [0.3, 0.4) is 0 Å². The highest BCUT2D eigenvalue weighted by molar-refractivity contribution is 6.36. The van der Waals surface area contributed by atoms with E-state index in [-0.39, 0.29) is 25.5 Å². The molecule has 134 valence electrons. The highest BCUT2D eigenvalue weighted by atomic mass is 35.5. The van der Waals surface area contributed by atoms with E-state index in [2.05, 4.69) is 4.99 Å². The summed E-state index contributed by atoms with van der Waals surface area (Å²) in [7, 11) is 0. The lowest BCUT2D eigenvalue weighted by molar-refractivity contribution is -0.119. The third-order valence-corrected chi connectivity index (χ3v) is 4.26. The first-order valence-electron chi connectivity index (χ1n) is 7.26. The van der Waals surface area contributed by atoms with Crippen LogP contribution in [-0.2, 0) is 0 Å². The normalized spacial score (nSPS) is 14.3. The molecule has 8 heteroatoms. The van der Waals surface area contributed by atoms with Gasteiger partial charge in [0.25, 0.3) is 0 Å². The van der Waals surface area contributed by atoms with E-state index in [0.29, 0.717) is 32.6 Å². The molecule has 0 saturated carbocycles. The molecule has 25 heavy (non-hydrogen) atoms. The summed E-state index contributed by atoms with van der Waals surface area (Å²) in [4.78, 5) is 5.76. The van der Waals surface area contributed by atoms with Gasteiger partial charge in [-0.05, 0) is 24.3 Å². The Bertz CT molecular complexity index is 791. The Hall–Kier alpha value is -1.43. The van der Waals surface area contributed by atoms with E-state index < -0.39 is 12.7 Å². The van der Waals surface area contributed by atoms with Gasteiger partial charge in [-0.1, -0.05) is 41.4 Å². The molecule has 0 bridgehead atoms. The zero-order valence-electron chi connectivity index (χ0n) is 12.9. The fourth-order valence-electron chi connectivity index (χ4n) is 2.73. The molecule has 0 unspecified atom stereocenters. The summed E-state index contributed by atoms with van der Waals surface area (Å²) in [6.07, 6.45) is -4.30. The van der Waals surface area contributed by atoms with Crippen molar-refractivity contribution in [3.8, 4) is 0 Å². The van der Waals surface area contributed by atoms with Gasteiger partial charge in [-0.2, -0.15) is 13.2 Å². The number of hydrogen-bond donors (Lipinski definition) is 0. The SMILES string of the molecule is Cl.FC(F)(F)CN1CCN=C(c2ccccc2Cl)c2cc(Cl)ccc21. The molecule has 0 radical (unpaired) electrons. The summed E-state index contributed by atoms with van der Waals surface area (Å²) in [5, 5.41) is 0.925. The molecule has 2 nitrogen and oxygen atoms in total.